The van der Waals surface area contributed by atoms with Gasteiger partial charge >= 0.3 is 0 Å². The van der Waals surface area contributed by atoms with E-state index in [2.05, 4.69) is 25.6 Å². The molecule has 2 aromatic rings. The smallest absolute Gasteiger partial charge is 0.282 e. The lowest BCUT2D eigenvalue weighted by atomic mass is 10.4. The van der Waals surface area contributed by atoms with Crippen molar-refractivity contribution in [1.29, 1.82) is 0 Å². The van der Waals surface area contributed by atoms with Crippen LogP contribution in [0.3, 0.4) is 0 Å². The molecular formula is C8H11N7OS. The summed E-state index contributed by atoms with van der Waals surface area (Å²) >= 11 is 1.05. The maximum atomic E-state index is 11.5. The molecule has 2 rings (SSSR count). The lowest BCUT2D eigenvalue weighted by Gasteiger charge is -1.99. The zero-order valence-corrected chi connectivity index (χ0v) is 9.94. The van der Waals surface area contributed by atoms with Crippen molar-refractivity contribution in [2.75, 3.05) is 12.3 Å². The fourth-order valence-electron chi connectivity index (χ4n) is 1.19. The molecule has 0 fully saturated rings. The van der Waals surface area contributed by atoms with Crippen molar-refractivity contribution in [3.05, 3.63) is 17.2 Å². The van der Waals surface area contributed by atoms with Crippen LogP contribution in [0.15, 0.2) is 6.33 Å². The largest absolute Gasteiger partial charge is 0.374 e. The van der Waals surface area contributed by atoms with Crippen LogP contribution in [0.1, 0.15) is 15.6 Å². The van der Waals surface area contributed by atoms with Gasteiger partial charge in [-0.05, 0) is 0 Å². The van der Waals surface area contributed by atoms with Crippen LogP contribution in [0, 0.1) is 0 Å². The Hall–Kier alpha value is -2.03. The minimum Gasteiger partial charge on any atom is -0.374 e. The van der Waals surface area contributed by atoms with Gasteiger partial charge in [0, 0.05) is 20.0 Å². The van der Waals surface area contributed by atoms with Crippen LogP contribution in [0.25, 0.3) is 0 Å². The number of hydrogen-bond acceptors (Lipinski definition) is 7. The number of anilines is 1. The first-order valence-corrected chi connectivity index (χ1v) is 5.68. The number of amides is 1. The highest BCUT2D eigenvalue weighted by Gasteiger charge is 2.10. The van der Waals surface area contributed by atoms with Gasteiger partial charge in [0.25, 0.3) is 5.91 Å². The van der Waals surface area contributed by atoms with Gasteiger partial charge in [-0.15, -0.1) is 10.2 Å². The highest BCUT2D eigenvalue weighted by Crippen LogP contribution is 2.10. The standard InChI is InChI=1S/C8H11N7OS/c1-15-4-11-5(14-15)2-3-10-6(16)7-12-13-8(9)17-7/h4H,2-3H2,1H3,(H2,9,13)(H,10,16). The minimum atomic E-state index is -0.282. The number of aryl methyl sites for hydroxylation is 1. The normalized spacial score (nSPS) is 10.4. The molecule has 0 radical (unpaired) electrons. The molecule has 0 aliphatic rings. The second kappa shape index (κ2) is 4.87. The van der Waals surface area contributed by atoms with Crippen LogP contribution in [0.4, 0.5) is 5.13 Å². The zero-order chi connectivity index (χ0) is 12.3. The summed E-state index contributed by atoms with van der Waals surface area (Å²) in [7, 11) is 1.79. The number of rotatable bonds is 4. The molecule has 0 bridgehead atoms. The highest BCUT2D eigenvalue weighted by molar-refractivity contribution is 7.16. The van der Waals surface area contributed by atoms with E-state index in [4.69, 9.17) is 5.73 Å². The number of nitrogen functional groups attached to an aromatic ring is 1. The Morgan fingerprint density at radius 2 is 2.41 bits per heavy atom. The van der Waals surface area contributed by atoms with E-state index >= 15 is 0 Å². The fraction of sp³-hybridized carbons (Fsp3) is 0.375. The highest BCUT2D eigenvalue weighted by atomic mass is 32.1. The first-order chi connectivity index (χ1) is 8.15. The predicted octanol–water partition coefficient (Wildman–Crippen LogP) is -0.779. The monoisotopic (exact) mass is 253 g/mol. The molecule has 0 aliphatic heterocycles. The summed E-state index contributed by atoms with van der Waals surface area (Å²) in [5.41, 5.74) is 5.38. The number of carbonyl (C=O) groups excluding carboxylic acids is 1. The number of hydrogen-bond donors (Lipinski definition) is 2. The summed E-state index contributed by atoms with van der Waals surface area (Å²) in [6, 6.07) is 0. The van der Waals surface area contributed by atoms with Gasteiger partial charge in [0.05, 0.1) is 0 Å². The van der Waals surface area contributed by atoms with Crippen molar-refractivity contribution < 1.29 is 4.79 Å². The van der Waals surface area contributed by atoms with E-state index < -0.39 is 0 Å². The molecule has 0 aromatic carbocycles. The molecule has 2 aromatic heterocycles. The fourth-order valence-corrected chi connectivity index (χ4v) is 1.71. The van der Waals surface area contributed by atoms with Crippen molar-refractivity contribution in [3.63, 3.8) is 0 Å². The Kier molecular flexibility index (Phi) is 3.28. The average Bonchev–Trinajstić information content (AvgIpc) is 2.88. The maximum absolute atomic E-state index is 11.5. The molecule has 9 heteroatoms. The van der Waals surface area contributed by atoms with Crippen LogP contribution >= 0.6 is 11.3 Å². The third-order valence-corrected chi connectivity index (χ3v) is 2.67. The Bertz CT molecular complexity index is 519. The van der Waals surface area contributed by atoms with Crippen LogP contribution < -0.4 is 11.1 Å². The molecule has 3 N–H and O–H groups in total. The lowest BCUT2D eigenvalue weighted by Crippen LogP contribution is -2.25. The topological polar surface area (TPSA) is 112 Å². The molecule has 8 nitrogen and oxygen atoms in total. The van der Waals surface area contributed by atoms with Gasteiger partial charge in [-0.25, -0.2) is 4.98 Å². The maximum Gasteiger partial charge on any atom is 0.282 e. The predicted molar refractivity (Wildman–Crippen MR) is 61.4 cm³/mol. The van der Waals surface area contributed by atoms with Gasteiger partial charge in [-0.3, -0.25) is 9.48 Å². The first-order valence-electron chi connectivity index (χ1n) is 4.87. The molecular weight excluding hydrogens is 242 g/mol. The molecule has 0 atom stereocenters. The Morgan fingerprint density at radius 3 is 3.00 bits per heavy atom. The van der Waals surface area contributed by atoms with Gasteiger partial charge in [-0.1, -0.05) is 11.3 Å². The van der Waals surface area contributed by atoms with Crippen LogP contribution in [-0.2, 0) is 13.5 Å². The molecule has 90 valence electrons. The molecule has 2 heterocycles. The number of nitrogens with two attached hydrogens (primary N) is 1. The van der Waals surface area contributed by atoms with E-state index in [0.717, 1.165) is 11.3 Å². The van der Waals surface area contributed by atoms with Gasteiger partial charge in [-0.2, -0.15) is 5.10 Å². The summed E-state index contributed by atoms with van der Waals surface area (Å²) in [4.78, 5) is 15.6. The van der Waals surface area contributed by atoms with E-state index in [1.54, 1.807) is 18.1 Å². The molecule has 17 heavy (non-hydrogen) atoms. The Morgan fingerprint density at radius 1 is 1.59 bits per heavy atom. The quantitative estimate of drug-likeness (QED) is 0.739. The number of carbonyl (C=O) groups is 1. The molecule has 0 saturated heterocycles. The average molecular weight is 253 g/mol. The summed E-state index contributed by atoms with van der Waals surface area (Å²) < 4.78 is 1.61. The number of aromatic nitrogens is 5. The van der Waals surface area contributed by atoms with Crippen LogP contribution in [0.5, 0.6) is 0 Å². The van der Waals surface area contributed by atoms with E-state index in [9.17, 15) is 4.79 Å². The second-order valence-electron chi connectivity index (χ2n) is 3.29. The number of nitrogens with one attached hydrogen (secondary N) is 1. The third kappa shape index (κ3) is 2.97. The first kappa shape index (κ1) is 11.5. The summed E-state index contributed by atoms with van der Waals surface area (Å²) in [6.07, 6.45) is 2.18. The van der Waals surface area contributed by atoms with Gasteiger partial charge in [0.1, 0.15) is 6.33 Å². The SMILES string of the molecule is Cn1cnc(CCNC(=O)c2nnc(N)s2)n1. The van der Waals surface area contributed by atoms with Gasteiger partial charge < -0.3 is 11.1 Å². The van der Waals surface area contributed by atoms with E-state index in [1.807, 2.05) is 0 Å². The summed E-state index contributed by atoms with van der Waals surface area (Å²) in [6.45, 7) is 0.447. The molecule has 0 unspecified atom stereocenters. The summed E-state index contributed by atoms with van der Waals surface area (Å²) in [5, 5.41) is 14.5. The van der Waals surface area contributed by atoms with Crippen molar-refractivity contribution in [3.8, 4) is 0 Å². The Labute approximate surface area is 101 Å². The number of nitrogens with zero attached hydrogens (tertiary/aromatic N) is 5. The lowest BCUT2D eigenvalue weighted by molar-refractivity contribution is 0.0953. The Balaban J connectivity index is 1.81. The molecule has 1 amide bonds. The van der Waals surface area contributed by atoms with Gasteiger partial charge in [0.15, 0.2) is 5.82 Å². The second-order valence-corrected chi connectivity index (χ2v) is 4.29. The van der Waals surface area contributed by atoms with Crippen LogP contribution in [-0.4, -0.2) is 37.4 Å². The van der Waals surface area contributed by atoms with E-state index in [1.165, 1.54) is 0 Å². The minimum absolute atomic E-state index is 0.261. The summed E-state index contributed by atoms with van der Waals surface area (Å²) in [5.74, 6) is 0.403. The van der Waals surface area contributed by atoms with Crippen molar-refractivity contribution in [2.24, 2.45) is 7.05 Å². The van der Waals surface area contributed by atoms with E-state index in [-0.39, 0.29) is 16.0 Å². The van der Waals surface area contributed by atoms with Crippen molar-refractivity contribution in [1.82, 2.24) is 30.3 Å². The van der Waals surface area contributed by atoms with Gasteiger partial charge in [0.2, 0.25) is 10.1 Å². The molecule has 0 saturated carbocycles. The van der Waals surface area contributed by atoms with Crippen molar-refractivity contribution in [2.45, 2.75) is 6.42 Å². The third-order valence-electron chi connectivity index (χ3n) is 1.92. The van der Waals surface area contributed by atoms with E-state index in [0.29, 0.717) is 18.8 Å². The van der Waals surface area contributed by atoms with Crippen molar-refractivity contribution >= 4 is 22.4 Å². The van der Waals surface area contributed by atoms with Crippen LogP contribution in [0.2, 0.25) is 0 Å². The molecule has 0 aliphatic carbocycles. The molecule has 0 spiro atoms. The zero-order valence-electron chi connectivity index (χ0n) is 9.12.